The van der Waals surface area contributed by atoms with Crippen molar-refractivity contribution >= 4 is 11.6 Å². The van der Waals surface area contributed by atoms with Crippen molar-refractivity contribution in [2.24, 2.45) is 0 Å². The second kappa shape index (κ2) is 6.74. The average Bonchev–Trinajstić information content (AvgIpc) is 3.14. The third kappa shape index (κ3) is 2.80. The minimum atomic E-state index is 0.250. The van der Waals surface area contributed by atoms with Crippen LogP contribution in [0.1, 0.15) is 28.2 Å². The van der Waals surface area contributed by atoms with Crippen molar-refractivity contribution in [1.82, 2.24) is 0 Å². The molecule has 0 saturated carbocycles. The molecular formula is C27H20. The molecule has 0 nitrogen and oxygen atoms in total. The quantitative estimate of drug-likeness (QED) is 0.374. The number of hydrogen-bond acceptors (Lipinski definition) is 0. The molecule has 0 fully saturated rings. The Labute approximate surface area is 160 Å². The summed E-state index contributed by atoms with van der Waals surface area (Å²) in [6, 6.07) is 39.1. The fourth-order valence-corrected chi connectivity index (χ4v) is 4.17. The van der Waals surface area contributed by atoms with Crippen LogP contribution in [0.4, 0.5) is 0 Å². The van der Waals surface area contributed by atoms with Gasteiger partial charge < -0.3 is 0 Å². The van der Waals surface area contributed by atoms with Crippen LogP contribution < -0.4 is 0 Å². The van der Waals surface area contributed by atoms with Crippen LogP contribution >= 0.6 is 0 Å². The summed E-state index contributed by atoms with van der Waals surface area (Å²) in [7, 11) is 0. The van der Waals surface area contributed by atoms with Gasteiger partial charge in [-0.15, -0.1) is 0 Å². The lowest BCUT2D eigenvalue weighted by Crippen LogP contribution is -2.03. The van der Waals surface area contributed by atoms with Crippen molar-refractivity contribution < 1.29 is 0 Å². The molecule has 0 spiro atoms. The number of fused-ring (bicyclic) bond motifs is 1. The highest BCUT2D eigenvalue weighted by molar-refractivity contribution is 5.95. The monoisotopic (exact) mass is 344 g/mol. The fraction of sp³-hybridized carbons (Fsp3) is 0.0370. The zero-order valence-electron chi connectivity index (χ0n) is 15.0. The smallest absolute Gasteiger partial charge is 0.0358 e. The van der Waals surface area contributed by atoms with E-state index in [-0.39, 0.29) is 5.92 Å². The van der Waals surface area contributed by atoms with Gasteiger partial charge in [-0.05, 0) is 45.0 Å². The molecule has 128 valence electrons. The largest absolute Gasteiger partial charge is 0.0622 e. The van der Waals surface area contributed by atoms with E-state index < -0.39 is 0 Å². The van der Waals surface area contributed by atoms with Crippen LogP contribution in [0.25, 0.3) is 22.8 Å². The van der Waals surface area contributed by atoms with Crippen LogP contribution in [0.5, 0.6) is 0 Å². The van der Waals surface area contributed by atoms with Gasteiger partial charge in [0.1, 0.15) is 0 Å². The van der Waals surface area contributed by atoms with Crippen LogP contribution in [0.15, 0.2) is 109 Å². The van der Waals surface area contributed by atoms with Crippen LogP contribution in [0.3, 0.4) is 0 Å². The summed E-state index contributed by atoms with van der Waals surface area (Å²) in [5.41, 5.74) is 9.32. The first-order valence-electron chi connectivity index (χ1n) is 9.42. The van der Waals surface area contributed by atoms with Crippen LogP contribution in [0, 0.1) is 0 Å². The molecule has 1 unspecified atom stereocenters. The SMILES string of the molecule is C1=C(c2ccccc2)C(c2ccccc2-c2ccccc2)c2ccccc21. The number of allylic oxidation sites excluding steroid dienone is 1. The summed E-state index contributed by atoms with van der Waals surface area (Å²) < 4.78 is 0. The number of rotatable bonds is 3. The molecule has 0 amide bonds. The highest BCUT2D eigenvalue weighted by atomic mass is 14.3. The maximum Gasteiger partial charge on any atom is 0.0358 e. The fourth-order valence-electron chi connectivity index (χ4n) is 4.17. The van der Waals surface area contributed by atoms with Crippen molar-refractivity contribution in [2.45, 2.75) is 5.92 Å². The molecule has 0 N–H and O–H groups in total. The Balaban J connectivity index is 1.73. The van der Waals surface area contributed by atoms with Crippen molar-refractivity contribution in [3.05, 3.63) is 131 Å². The van der Waals surface area contributed by atoms with Gasteiger partial charge in [0.15, 0.2) is 0 Å². The van der Waals surface area contributed by atoms with Gasteiger partial charge in [0.25, 0.3) is 0 Å². The number of hydrogen-bond donors (Lipinski definition) is 0. The molecule has 0 saturated heterocycles. The van der Waals surface area contributed by atoms with E-state index >= 15 is 0 Å². The Kier molecular flexibility index (Phi) is 3.95. The summed E-state index contributed by atoms with van der Waals surface area (Å²) in [5.74, 6) is 0.250. The van der Waals surface area contributed by atoms with Crippen molar-refractivity contribution in [1.29, 1.82) is 0 Å². The molecule has 0 aliphatic heterocycles. The molecule has 0 radical (unpaired) electrons. The average molecular weight is 344 g/mol. The van der Waals surface area contributed by atoms with Gasteiger partial charge in [-0.25, -0.2) is 0 Å². The van der Waals surface area contributed by atoms with E-state index in [0.29, 0.717) is 0 Å². The molecular weight excluding hydrogens is 324 g/mol. The van der Waals surface area contributed by atoms with Crippen LogP contribution in [-0.4, -0.2) is 0 Å². The van der Waals surface area contributed by atoms with Crippen molar-refractivity contribution in [2.75, 3.05) is 0 Å². The molecule has 0 heterocycles. The zero-order chi connectivity index (χ0) is 18.1. The van der Waals surface area contributed by atoms with E-state index in [2.05, 4.69) is 115 Å². The third-order valence-corrected chi connectivity index (χ3v) is 5.39. The Morgan fingerprint density at radius 1 is 0.444 bits per heavy atom. The molecule has 4 aromatic rings. The Bertz CT molecular complexity index is 1100. The topological polar surface area (TPSA) is 0 Å². The van der Waals surface area contributed by atoms with Gasteiger partial charge in [0.05, 0.1) is 0 Å². The molecule has 0 aromatic heterocycles. The third-order valence-electron chi connectivity index (χ3n) is 5.39. The van der Waals surface area contributed by atoms with Gasteiger partial charge in [-0.3, -0.25) is 0 Å². The Morgan fingerprint density at radius 3 is 1.74 bits per heavy atom. The molecule has 1 atom stereocenters. The Morgan fingerprint density at radius 2 is 1.00 bits per heavy atom. The predicted molar refractivity (Wildman–Crippen MR) is 114 cm³/mol. The lowest BCUT2D eigenvalue weighted by molar-refractivity contribution is 1.07. The standard InChI is InChI=1S/C27H20/c1-3-11-20(12-4-1)23-16-9-10-18-25(23)27-24-17-8-7-15-22(24)19-26(27)21-13-5-2-6-14-21/h1-19,27H. The molecule has 1 aliphatic carbocycles. The first kappa shape index (κ1) is 15.8. The normalized spacial score (nSPS) is 15.3. The van der Waals surface area contributed by atoms with Crippen molar-refractivity contribution in [3.63, 3.8) is 0 Å². The van der Waals surface area contributed by atoms with E-state index in [4.69, 9.17) is 0 Å². The maximum atomic E-state index is 2.36. The highest BCUT2D eigenvalue weighted by Gasteiger charge is 2.29. The van der Waals surface area contributed by atoms with Crippen LogP contribution in [-0.2, 0) is 0 Å². The molecule has 0 bridgehead atoms. The summed E-state index contributed by atoms with van der Waals surface area (Å²) in [4.78, 5) is 0. The second-order valence-electron chi connectivity index (χ2n) is 6.98. The molecule has 0 heteroatoms. The zero-order valence-corrected chi connectivity index (χ0v) is 15.0. The predicted octanol–water partition coefficient (Wildman–Crippen LogP) is 7.04. The van der Waals surface area contributed by atoms with E-state index in [1.54, 1.807) is 0 Å². The summed E-state index contributed by atoms with van der Waals surface area (Å²) in [6.45, 7) is 0. The molecule has 4 aromatic carbocycles. The number of benzene rings is 4. The minimum absolute atomic E-state index is 0.250. The van der Waals surface area contributed by atoms with Gasteiger partial charge in [0.2, 0.25) is 0 Å². The van der Waals surface area contributed by atoms with E-state index in [0.717, 1.165) is 0 Å². The van der Waals surface area contributed by atoms with Gasteiger partial charge >= 0.3 is 0 Å². The van der Waals surface area contributed by atoms with E-state index in [9.17, 15) is 0 Å². The highest BCUT2D eigenvalue weighted by Crippen LogP contribution is 2.48. The molecule has 5 rings (SSSR count). The van der Waals surface area contributed by atoms with Gasteiger partial charge in [-0.1, -0.05) is 109 Å². The Hall–Kier alpha value is -3.38. The van der Waals surface area contributed by atoms with Gasteiger partial charge in [0, 0.05) is 5.92 Å². The first-order valence-corrected chi connectivity index (χ1v) is 9.42. The lowest BCUT2D eigenvalue weighted by atomic mass is 9.81. The minimum Gasteiger partial charge on any atom is -0.0622 e. The summed E-state index contributed by atoms with van der Waals surface area (Å²) in [6.07, 6.45) is 2.36. The van der Waals surface area contributed by atoms with Gasteiger partial charge in [-0.2, -0.15) is 0 Å². The molecule has 27 heavy (non-hydrogen) atoms. The first-order chi connectivity index (χ1) is 13.4. The van der Waals surface area contributed by atoms with E-state index in [1.165, 1.54) is 39.0 Å². The van der Waals surface area contributed by atoms with E-state index in [1.807, 2.05) is 0 Å². The van der Waals surface area contributed by atoms with Crippen LogP contribution in [0.2, 0.25) is 0 Å². The lowest BCUT2D eigenvalue weighted by Gasteiger charge is -2.21. The second-order valence-corrected chi connectivity index (χ2v) is 6.98. The maximum absolute atomic E-state index is 2.36. The summed E-state index contributed by atoms with van der Waals surface area (Å²) >= 11 is 0. The van der Waals surface area contributed by atoms with Crippen molar-refractivity contribution in [3.8, 4) is 11.1 Å². The molecule has 1 aliphatic rings. The summed E-state index contributed by atoms with van der Waals surface area (Å²) in [5, 5.41) is 0.